The van der Waals surface area contributed by atoms with Crippen LogP contribution in [0.3, 0.4) is 0 Å². The zero-order chi connectivity index (χ0) is 22.0. The molecule has 0 heterocycles. The maximum absolute atomic E-state index is 13.4. The van der Waals surface area contributed by atoms with Crippen LogP contribution in [-0.4, -0.2) is 76.1 Å². The van der Waals surface area contributed by atoms with E-state index < -0.39 is 37.5 Å². The lowest BCUT2D eigenvalue weighted by Gasteiger charge is -2.47. The van der Waals surface area contributed by atoms with Gasteiger partial charge in [0.1, 0.15) is 6.54 Å². The normalized spacial score (nSPS) is 12.0. The molecule has 0 aromatic heterocycles. The van der Waals surface area contributed by atoms with Crippen molar-refractivity contribution in [2.75, 3.05) is 32.7 Å². The van der Waals surface area contributed by atoms with E-state index in [9.17, 15) is 27.9 Å². The standard InChI is InChI=1S/C17H23F3N3O3PS/c1-5-9-21(10-6-2)17(27-28,22(11-7-3)12-8-4)23(13-14(24)25)15(26)16(18,19)20/h5-8H,1-4,9-13H2,(H,24,25)/p+1. The third-order valence-corrected chi connectivity index (χ3v) is 5.57. The Labute approximate surface area is 169 Å². The summed E-state index contributed by atoms with van der Waals surface area (Å²) in [6, 6.07) is 0. The van der Waals surface area contributed by atoms with Gasteiger partial charge in [0.25, 0.3) is 0 Å². The molecule has 6 nitrogen and oxygen atoms in total. The fourth-order valence-corrected chi connectivity index (χ4v) is 4.64. The molecule has 1 atom stereocenters. The number of carbonyl (C=O) groups is 2. The van der Waals surface area contributed by atoms with Gasteiger partial charge in [0.15, 0.2) is 11.8 Å². The SMILES string of the molecule is C=CCN(CC=C)C([PH+]=S)(N(CC=C)CC=C)N(CC(=O)O)C(=O)C(F)(F)F. The van der Waals surface area contributed by atoms with Crippen LogP contribution in [0.5, 0.6) is 0 Å². The van der Waals surface area contributed by atoms with Gasteiger partial charge >= 0.3 is 23.6 Å². The second-order valence-electron chi connectivity index (χ2n) is 5.48. The zero-order valence-corrected chi connectivity index (χ0v) is 17.1. The lowest BCUT2D eigenvalue weighted by Crippen LogP contribution is -2.70. The second-order valence-corrected chi connectivity index (χ2v) is 6.97. The van der Waals surface area contributed by atoms with Crippen LogP contribution in [0, 0.1) is 0 Å². The van der Waals surface area contributed by atoms with E-state index >= 15 is 0 Å². The van der Waals surface area contributed by atoms with Crippen molar-refractivity contribution in [3.8, 4) is 0 Å². The molecule has 0 saturated heterocycles. The highest BCUT2D eigenvalue weighted by Crippen LogP contribution is 2.38. The Balaban J connectivity index is 6.94. The van der Waals surface area contributed by atoms with Gasteiger partial charge in [0, 0.05) is 26.2 Å². The van der Waals surface area contributed by atoms with Crippen molar-refractivity contribution in [1.29, 1.82) is 0 Å². The van der Waals surface area contributed by atoms with E-state index in [4.69, 9.17) is 11.8 Å². The number of carbonyl (C=O) groups excluding carboxylic acids is 1. The Morgan fingerprint density at radius 1 is 0.929 bits per heavy atom. The predicted molar refractivity (Wildman–Crippen MR) is 108 cm³/mol. The summed E-state index contributed by atoms with van der Waals surface area (Å²) in [5.74, 6) is -3.91. The van der Waals surface area contributed by atoms with Gasteiger partial charge in [-0.25, -0.2) is 9.80 Å². The molecule has 0 aromatic carbocycles. The highest BCUT2D eigenvalue weighted by atomic mass is 32.4. The molecule has 28 heavy (non-hydrogen) atoms. The van der Waals surface area contributed by atoms with Crippen molar-refractivity contribution in [3.05, 3.63) is 50.6 Å². The van der Waals surface area contributed by atoms with Crippen molar-refractivity contribution in [2.45, 2.75) is 11.7 Å². The Bertz CT molecular complexity index is 585. The van der Waals surface area contributed by atoms with E-state index in [1.807, 2.05) is 0 Å². The lowest BCUT2D eigenvalue weighted by atomic mass is 10.3. The number of rotatable bonds is 14. The summed E-state index contributed by atoms with van der Waals surface area (Å²) in [7, 11) is -0.743. The van der Waals surface area contributed by atoms with Crippen molar-refractivity contribution in [1.82, 2.24) is 14.7 Å². The molecule has 0 rings (SSSR count). The van der Waals surface area contributed by atoms with Gasteiger partial charge in [-0.15, -0.1) is 26.3 Å². The van der Waals surface area contributed by atoms with Crippen molar-refractivity contribution in [3.63, 3.8) is 0 Å². The van der Waals surface area contributed by atoms with Gasteiger partial charge in [-0.3, -0.25) is 14.5 Å². The van der Waals surface area contributed by atoms with E-state index in [-0.39, 0.29) is 31.1 Å². The summed E-state index contributed by atoms with van der Waals surface area (Å²) in [6.45, 7) is 13.3. The number of hydrogen-bond acceptors (Lipinski definition) is 5. The van der Waals surface area contributed by atoms with E-state index in [0.29, 0.717) is 0 Å². The molecule has 0 radical (unpaired) electrons. The molecule has 0 spiro atoms. The number of halogens is 3. The fraction of sp³-hybridized carbons (Fsp3) is 0.412. The summed E-state index contributed by atoms with van der Waals surface area (Å²) in [4.78, 5) is 26.7. The second kappa shape index (κ2) is 11.9. The molecule has 11 heteroatoms. The van der Waals surface area contributed by atoms with E-state index in [1.165, 1.54) is 34.1 Å². The minimum atomic E-state index is -5.29. The first-order chi connectivity index (χ1) is 13.1. The third-order valence-electron chi connectivity index (χ3n) is 3.57. The number of alkyl halides is 3. The molecular formula is C17H24F3N3O3PS+. The van der Waals surface area contributed by atoms with Crippen LogP contribution < -0.4 is 0 Å². The predicted octanol–water partition coefficient (Wildman–Crippen LogP) is 2.56. The molecule has 0 aliphatic heterocycles. The van der Waals surface area contributed by atoms with Crippen molar-refractivity contribution < 1.29 is 27.9 Å². The van der Waals surface area contributed by atoms with E-state index in [2.05, 4.69) is 26.3 Å². The number of nitrogens with zero attached hydrogens (tertiary/aromatic N) is 3. The van der Waals surface area contributed by atoms with Crippen molar-refractivity contribution in [2.24, 2.45) is 0 Å². The van der Waals surface area contributed by atoms with Gasteiger partial charge < -0.3 is 5.11 Å². The highest BCUT2D eigenvalue weighted by Gasteiger charge is 2.59. The van der Waals surface area contributed by atoms with Crippen LogP contribution in [0.4, 0.5) is 13.2 Å². The molecule has 1 unspecified atom stereocenters. The minimum absolute atomic E-state index is 0.0295. The molecule has 1 amide bonds. The smallest absolute Gasteiger partial charge is 0.471 e. The van der Waals surface area contributed by atoms with Crippen LogP contribution in [-0.2, 0) is 21.4 Å². The van der Waals surface area contributed by atoms with Crippen LogP contribution >= 0.6 is 7.36 Å². The quantitative estimate of drug-likeness (QED) is 0.256. The van der Waals surface area contributed by atoms with E-state index in [0.717, 1.165) is 0 Å². The molecule has 0 bridgehead atoms. The Morgan fingerprint density at radius 3 is 1.50 bits per heavy atom. The topological polar surface area (TPSA) is 64.1 Å². The van der Waals surface area contributed by atoms with Gasteiger partial charge in [-0.2, -0.15) is 13.2 Å². The molecule has 0 aliphatic rings. The fourth-order valence-electron chi connectivity index (χ4n) is 2.62. The Hall–Kier alpha value is -1.87. The molecule has 0 aromatic rings. The maximum atomic E-state index is 13.4. The van der Waals surface area contributed by atoms with Crippen LogP contribution in [0.15, 0.2) is 50.6 Å². The molecule has 1 N–H and O–H groups in total. The van der Waals surface area contributed by atoms with Gasteiger partial charge in [-0.1, -0.05) is 24.3 Å². The van der Waals surface area contributed by atoms with Crippen molar-refractivity contribution >= 4 is 31.0 Å². The van der Waals surface area contributed by atoms with Gasteiger partial charge in [0.05, 0.1) is 0 Å². The average molecular weight is 438 g/mol. The van der Waals surface area contributed by atoms with Crippen LogP contribution in [0.1, 0.15) is 0 Å². The summed E-state index contributed by atoms with van der Waals surface area (Å²) in [6.07, 6.45) is 0.392. The summed E-state index contributed by atoms with van der Waals surface area (Å²) in [5, 5.41) is 9.23. The molecule has 0 aliphatic carbocycles. The first-order valence-corrected chi connectivity index (χ1v) is 10.1. The van der Waals surface area contributed by atoms with E-state index in [1.54, 1.807) is 0 Å². The number of hydrogen-bond donors (Lipinski definition) is 1. The molecule has 156 valence electrons. The summed E-state index contributed by atoms with van der Waals surface area (Å²) >= 11 is 5.22. The minimum Gasteiger partial charge on any atom is -0.480 e. The first kappa shape index (κ1) is 26.1. The zero-order valence-electron chi connectivity index (χ0n) is 15.3. The first-order valence-electron chi connectivity index (χ1n) is 8.00. The average Bonchev–Trinajstić information content (AvgIpc) is 2.60. The molecular weight excluding hydrogens is 414 g/mol. The Morgan fingerprint density at radius 2 is 1.29 bits per heavy atom. The largest absolute Gasteiger partial charge is 0.480 e. The maximum Gasteiger partial charge on any atom is 0.471 e. The summed E-state index contributed by atoms with van der Waals surface area (Å²) < 4.78 is 40.1. The number of aliphatic carboxylic acids is 1. The molecule has 0 saturated carbocycles. The number of amides is 1. The van der Waals surface area contributed by atoms with Gasteiger partial charge in [0.2, 0.25) is 7.36 Å². The Kier molecular flexibility index (Phi) is 11.1. The third kappa shape index (κ3) is 6.34. The van der Waals surface area contributed by atoms with Crippen LogP contribution in [0.25, 0.3) is 0 Å². The number of carboxylic acid groups (broad SMARTS) is 1. The highest BCUT2D eigenvalue weighted by molar-refractivity contribution is 7.97. The molecule has 0 fully saturated rings. The van der Waals surface area contributed by atoms with Gasteiger partial charge in [-0.05, 0) is 0 Å². The lowest BCUT2D eigenvalue weighted by molar-refractivity contribution is -0.203. The van der Waals surface area contributed by atoms with Crippen LogP contribution in [0.2, 0.25) is 0 Å². The number of carboxylic acids is 1. The summed E-state index contributed by atoms with van der Waals surface area (Å²) in [5.41, 5.74) is -1.88. The monoisotopic (exact) mass is 438 g/mol.